The van der Waals surface area contributed by atoms with Crippen LogP contribution in [0.2, 0.25) is 0 Å². The van der Waals surface area contributed by atoms with Gasteiger partial charge in [-0.25, -0.2) is 4.68 Å². The summed E-state index contributed by atoms with van der Waals surface area (Å²) in [6, 6.07) is 7.74. The predicted molar refractivity (Wildman–Crippen MR) is 90.6 cm³/mol. The molecule has 0 radical (unpaired) electrons. The number of rotatable bonds is 4. The molecular weight excluding hydrogens is 288 g/mol. The van der Waals surface area contributed by atoms with E-state index in [9.17, 15) is 4.79 Å². The van der Waals surface area contributed by atoms with Gasteiger partial charge in [-0.1, -0.05) is 12.8 Å². The summed E-state index contributed by atoms with van der Waals surface area (Å²) in [5.41, 5.74) is 8.57. The summed E-state index contributed by atoms with van der Waals surface area (Å²) in [5, 5.41) is 7.44. The van der Waals surface area contributed by atoms with Gasteiger partial charge in [0, 0.05) is 17.8 Å². The number of hydrogen-bond donors (Lipinski definition) is 2. The van der Waals surface area contributed by atoms with E-state index in [1.54, 1.807) is 0 Å². The van der Waals surface area contributed by atoms with Crippen molar-refractivity contribution in [2.24, 2.45) is 11.7 Å². The lowest BCUT2D eigenvalue weighted by Gasteiger charge is -2.31. The van der Waals surface area contributed by atoms with Crippen molar-refractivity contribution in [3.8, 4) is 5.69 Å². The number of amides is 1. The molecule has 1 saturated carbocycles. The van der Waals surface area contributed by atoms with Gasteiger partial charge >= 0.3 is 0 Å². The molecule has 0 spiro atoms. The van der Waals surface area contributed by atoms with Crippen LogP contribution in [0, 0.1) is 12.8 Å². The molecule has 1 fully saturated rings. The second kappa shape index (κ2) is 6.96. The highest BCUT2D eigenvalue weighted by molar-refractivity contribution is 5.94. The standard InChI is InChI=1S/C18H24N4O/c1-13-11-20-22(12-13)16-8-6-14(7-9-16)18(23)21-17-5-3-2-4-15(17)10-19/h6-9,11-12,15,17H,2-5,10,19H2,1H3,(H,21,23). The topological polar surface area (TPSA) is 72.9 Å². The van der Waals surface area contributed by atoms with Gasteiger partial charge in [0.1, 0.15) is 0 Å². The minimum Gasteiger partial charge on any atom is -0.349 e. The lowest BCUT2D eigenvalue weighted by Crippen LogP contribution is -2.44. The molecule has 5 nitrogen and oxygen atoms in total. The highest BCUT2D eigenvalue weighted by Crippen LogP contribution is 2.24. The van der Waals surface area contributed by atoms with E-state index < -0.39 is 0 Å². The first-order valence-corrected chi connectivity index (χ1v) is 8.30. The summed E-state index contributed by atoms with van der Waals surface area (Å²) >= 11 is 0. The molecule has 1 heterocycles. The first-order chi connectivity index (χ1) is 11.2. The second-order valence-electron chi connectivity index (χ2n) is 6.37. The average Bonchev–Trinajstić information content (AvgIpc) is 3.02. The highest BCUT2D eigenvalue weighted by atomic mass is 16.1. The summed E-state index contributed by atoms with van der Waals surface area (Å²) in [6.45, 7) is 2.64. The lowest BCUT2D eigenvalue weighted by molar-refractivity contribution is 0.0908. The molecule has 1 aliphatic carbocycles. The van der Waals surface area contributed by atoms with Gasteiger partial charge < -0.3 is 11.1 Å². The Kier molecular flexibility index (Phi) is 4.76. The van der Waals surface area contributed by atoms with Gasteiger partial charge in [0.2, 0.25) is 0 Å². The number of benzene rings is 1. The van der Waals surface area contributed by atoms with Gasteiger partial charge in [0.25, 0.3) is 5.91 Å². The molecule has 3 rings (SSSR count). The van der Waals surface area contributed by atoms with Gasteiger partial charge in [-0.05, 0) is 62.1 Å². The second-order valence-corrected chi connectivity index (χ2v) is 6.37. The van der Waals surface area contributed by atoms with Gasteiger partial charge in [-0.15, -0.1) is 0 Å². The Morgan fingerprint density at radius 2 is 2.04 bits per heavy atom. The number of carbonyl (C=O) groups excluding carboxylic acids is 1. The number of aromatic nitrogens is 2. The molecule has 3 N–H and O–H groups in total. The van der Waals surface area contributed by atoms with Crippen LogP contribution in [-0.2, 0) is 0 Å². The Labute approximate surface area is 136 Å². The van der Waals surface area contributed by atoms with Crippen molar-refractivity contribution in [2.75, 3.05) is 6.54 Å². The van der Waals surface area contributed by atoms with Crippen molar-refractivity contribution in [3.63, 3.8) is 0 Å². The zero-order chi connectivity index (χ0) is 16.2. The van der Waals surface area contributed by atoms with Crippen molar-refractivity contribution in [3.05, 3.63) is 47.8 Å². The van der Waals surface area contributed by atoms with Crippen LogP contribution >= 0.6 is 0 Å². The van der Waals surface area contributed by atoms with Crippen molar-refractivity contribution in [2.45, 2.75) is 38.6 Å². The lowest BCUT2D eigenvalue weighted by atomic mass is 9.84. The minimum absolute atomic E-state index is 0.0152. The summed E-state index contributed by atoms with van der Waals surface area (Å²) in [5.74, 6) is 0.387. The van der Waals surface area contributed by atoms with Crippen LogP contribution in [0.4, 0.5) is 0 Å². The maximum absolute atomic E-state index is 12.5. The SMILES string of the molecule is Cc1cnn(-c2ccc(C(=O)NC3CCCCC3CN)cc2)c1. The van der Waals surface area contributed by atoms with E-state index in [2.05, 4.69) is 10.4 Å². The molecule has 1 aromatic carbocycles. The largest absolute Gasteiger partial charge is 0.349 e. The zero-order valence-corrected chi connectivity index (χ0v) is 13.5. The van der Waals surface area contributed by atoms with Gasteiger partial charge in [-0.3, -0.25) is 4.79 Å². The number of aryl methyl sites for hydroxylation is 1. The van der Waals surface area contributed by atoms with Crippen LogP contribution in [0.15, 0.2) is 36.7 Å². The first-order valence-electron chi connectivity index (χ1n) is 8.30. The van der Waals surface area contributed by atoms with Crippen LogP contribution in [-0.4, -0.2) is 28.3 Å². The molecule has 5 heteroatoms. The molecule has 122 valence electrons. The Morgan fingerprint density at radius 1 is 1.30 bits per heavy atom. The van der Waals surface area contributed by atoms with Gasteiger partial charge in [-0.2, -0.15) is 5.10 Å². The maximum Gasteiger partial charge on any atom is 0.251 e. The van der Waals surface area contributed by atoms with E-state index in [0.717, 1.165) is 24.1 Å². The van der Waals surface area contributed by atoms with E-state index >= 15 is 0 Å². The molecular formula is C18H24N4O. The summed E-state index contributed by atoms with van der Waals surface area (Å²) in [6.07, 6.45) is 8.29. The molecule has 1 amide bonds. The molecule has 23 heavy (non-hydrogen) atoms. The fraction of sp³-hybridized carbons (Fsp3) is 0.444. The van der Waals surface area contributed by atoms with Crippen LogP contribution in [0.5, 0.6) is 0 Å². The molecule has 0 bridgehead atoms. The van der Waals surface area contributed by atoms with Crippen LogP contribution < -0.4 is 11.1 Å². The van der Waals surface area contributed by atoms with Crippen molar-refractivity contribution >= 4 is 5.91 Å². The normalized spacial score (nSPS) is 21.1. The number of nitrogens with zero attached hydrogens (tertiary/aromatic N) is 2. The Hall–Kier alpha value is -2.14. The molecule has 2 aromatic rings. The van der Waals surface area contributed by atoms with E-state index in [1.165, 1.54) is 12.8 Å². The van der Waals surface area contributed by atoms with Crippen LogP contribution in [0.1, 0.15) is 41.6 Å². The molecule has 2 atom stereocenters. The summed E-state index contributed by atoms with van der Waals surface area (Å²) < 4.78 is 1.81. The first kappa shape index (κ1) is 15.7. The predicted octanol–water partition coefficient (Wildman–Crippen LogP) is 2.43. The van der Waals surface area contributed by atoms with E-state index in [-0.39, 0.29) is 11.9 Å². The fourth-order valence-electron chi connectivity index (χ4n) is 3.25. The zero-order valence-electron chi connectivity index (χ0n) is 13.5. The quantitative estimate of drug-likeness (QED) is 0.910. The molecule has 1 aromatic heterocycles. The number of nitrogens with one attached hydrogen (secondary N) is 1. The monoisotopic (exact) mass is 312 g/mol. The molecule has 0 saturated heterocycles. The van der Waals surface area contributed by atoms with E-state index in [0.29, 0.717) is 18.0 Å². The minimum atomic E-state index is -0.0152. The third-order valence-electron chi connectivity index (χ3n) is 4.63. The van der Waals surface area contributed by atoms with E-state index in [1.807, 2.05) is 48.3 Å². The Morgan fingerprint density at radius 3 is 2.70 bits per heavy atom. The Balaban J connectivity index is 1.68. The van der Waals surface area contributed by atoms with Gasteiger partial charge in [0.15, 0.2) is 0 Å². The van der Waals surface area contributed by atoms with Crippen LogP contribution in [0.25, 0.3) is 5.69 Å². The van der Waals surface area contributed by atoms with Gasteiger partial charge in [0.05, 0.1) is 11.9 Å². The summed E-state index contributed by atoms with van der Waals surface area (Å²) in [7, 11) is 0. The number of carbonyl (C=O) groups is 1. The number of hydrogen-bond acceptors (Lipinski definition) is 3. The Bertz CT molecular complexity index is 662. The molecule has 2 unspecified atom stereocenters. The van der Waals surface area contributed by atoms with Crippen LogP contribution in [0.3, 0.4) is 0 Å². The highest BCUT2D eigenvalue weighted by Gasteiger charge is 2.25. The number of nitrogens with two attached hydrogens (primary N) is 1. The third kappa shape index (κ3) is 3.62. The molecule has 0 aliphatic heterocycles. The maximum atomic E-state index is 12.5. The third-order valence-corrected chi connectivity index (χ3v) is 4.63. The van der Waals surface area contributed by atoms with Crippen molar-refractivity contribution in [1.29, 1.82) is 0 Å². The average molecular weight is 312 g/mol. The van der Waals surface area contributed by atoms with Crippen molar-refractivity contribution < 1.29 is 4.79 Å². The summed E-state index contributed by atoms with van der Waals surface area (Å²) in [4.78, 5) is 12.5. The molecule has 1 aliphatic rings. The smallest absolute Gasteiger partial charge is 0.251 e. The van der Waals surface area contributed by atoms with Crippen molar-refractivity contribution in [1.82, 2.24) is 15.1 Å². The van der Waals surface area contributed by atoms with E-state index in [4.69, 9.17) is 5.73 Å². The fourth-order valence-corrected chi connectivity index (χ4v) is 3.25.